The van der Waals surface area contributed by atoms with Crippen molar-refractivity contribution in [2.75, 3.05) is 13.1 Å². The third-order valence-corrected chi connectivity index (χ3v) is 4.98. The predicted octanol–water partition coefficient (Wildman–Crippen LogP) is 2.91. The van der Waals surface area contributed by atoms with E-state index >= 15 is 0 Å². The van der Waals surface area contributed by atoms with Crippen LogP contribution in [0.15, 0.2) is 30.3 Å². The van der Waals surface area contributed by atoms with E-state index in [0.717, 1.165) is 44.7 Å². The van der Waals surface area contributed by atoms with Crippen LogP contribution in [0, 0.1) is 5.92 Å². The largest absolute Gasteiger partial charge is 0.341 e. The zero-order chi connectivity index (χ0) is 14.7. The highest BCUT2D eigenvalue weighted by molar-refractivity contribution is 5.81. The lowest BCUT2D eigenvalue weighted by molar-refractivity contribution is -0.133. The molecule has 2 fully saturated rings. The zero-order valence-electron chi connectivity index (χ0n) is 12.7. The summed E-state index contributed by atoms with van der Waals surface area (Å²) >= 11 is 0. The van der Waals surface area contributed by atoms with E-state index in [1.54, 1.807) is 0 Å². The number of carbonyl (C=O) groups is 1. The van der Waals surface area contributed by atoms with Crippen LogP contribution in [0.1, 0.15) is 50.0 Å². The smallest absolute Gasteiger partial charge is 0.239 e. The zero-order valence-corrected chi connectivity index (χ0v) is 12.7. The summed E-state index contributed by atoms with van der Waals surface area (Å²) in [7, 11) is 0. The summed E-state index contributed by atoms with van der Waals surface area (Å²) in [6.07, 6.45) is 6.70. The predicted molar refractivity (Wildman–Crippen MR) is 84.9 cm³/mol. The number of amides is 1. The van der Waals surface area contributed by atoms with E-state index in [9.17, 15) is 4.79 Å². The fourth-order valence-electron chi connectivity index (χ4n) is 3.54. The Morgan fingerprint density at radius 2 is 1.90 bits per heavy atom. The van der Waals surface area contributed by atoms with Gasteiger partial charge in [0.1, 0.15) is 0 Å². The van der Waals surface area contributed by atoms with Crippen LogP contribution in [0.2, 0.25) is 0 Å². The third-order valence-electron chi connectivity index (χ3n) is 4.98. The van der Waals surface area contributed by atoms with Gasteiger partial charge in [-0.1, -0.05) is 30.3 Å². The molecule has 1 aliphatic heterocycles. The molecular formula is C18H26N2O. The number of rotatable bonds is 5. The Morgan fingerprint density at radius 1 is 1.19 bits per heavy atom. The van der Waals surface area contributed by atoms with E-state index in [4.69, 9.17) is 5.73 Å². The van der Waals surface area contributed by atoms with Crippen LogP contribution in [0.5, 0.6) is 0 Å². The Hall–Kier alpha value is -1.35. The van der Waals surface area contributed by atoms with Gasteiger partial charge >= 0.3 is 0 Å². The van der Waals surface area contributed by atoms with Gasteiger partial charge in [0.15, 0.2) is 0 Å². The maximum atomic E-state index is 12.3. The molecule has 1 aromatic rings. The summed E-state index contributed by atoms with van der Waals surface area (Å²) in [6, 6.07) is 10.4. The summed E-state index contributed by atoms with van der Waals surface area (Å²) in [5.74, 6) is 1.60. The molecular weight excluding hydrogens is 260 g/mol. The first-order valence-electron chi connectivity index (χ1n) is 8.35. The molecule has 0 aromatic heterocycles. The fraction of sp³-hybridized carbons (Fsp3) is 0.611. The maximum absolute atomic E-state index is 12.3. The summed E-state index contributed by atoms with van der Waals surface area (Å²) in [4.78, 5) is 14.3. The molecule has 0 radical (unpaired) electrons. The molecule has 3 rings (SSSR count). The van der Waals surface area contributed by atoms with E-state index in [2.05, 4.69) is 30.3 Å². The van der Waals surface area contributed by atoms with E-state index in [1.165, 1.54) is 18.4 Å². The summed E-state index contributed by atoms with van der Waals surface area (Å²) in [6.45, 7) is 1.81. The average Bonchev–Trinajstić information content (AvgIpc) is 3.33. The van der Waals surface area contributed by atoms with Crippen LogP contribution in [0.4, 0.5) is 0 Å². The molecule has 114 valence electrons. The van der Waals surface area contributed by atoms with Crippen molar-refractivity contribution in [1.82, 2.24) is 4.90 Å². The van der Waals surface area contributed by atoms with Gasteiger partial charge in [0.25, 0.3) is 0 Å². The number of hydrogen-bond donors (Lipinski definition) is 1. The van der Waals surface area contributed by atoms with E-state index in [1.807, 2.05) is 4.90 Å². The van der Waals surface area contributed by atoms with Crippen molar-refractivity contribution in [3.05, 3.63) is 35.9 Å². The van der Waals surface area contributed by atoms with Crippen LogP contribution in [-0.4, -0.2) is 29.9 Å². The van der Waals surface area contributed by atoms with E-state index < -0.39 is 0 Å². The number of benzene rings is 1. The van der Waals surface area contributed by atoms with Crippen molar-refractivity contribution in [2.24, 2.45) is 11.7 Å². The van der Waals surface area contributed by atoms with Gasteiger partial charge in [-0.15, -0.1) is 0 Å². The van der Waals surface area contributed by atoms with Crippen LogP contribution in [0.3, 0.4) is 0 Å². The molecule has 1 aliphatic carbocycles. The van der Waals surface area contributed by atoms with Crippen molar-refractivity contribution in [3.8, 4) is 0 Å². The second kappa shape index (κ2) is 6.61. The lowest BCUT2D eigenvalue weighted by Gasteiger charge is -2.29. The van der Waals surface area contributed by atoms with Crippen molar-refractivity contribution in [2.45, 2.75) is 50.5 Å². The maximum Gasteiger partial charge on any atom is 0.239 e. The third kappa shape index (κ3) is 3.65. The minimum Gasteiger partial charge on any atom is -0.341 e. The number of nitrogens with two attached hydrogens (primary N) is 1. The monoisotopic (exact) mass is 286 g/mol. The fourth-order valence-corrected chi connectivity index (χ4v) is 3.54. The number of carbonyl (C=O) groups excluding carboxylic acids is 1. The Labute approximate surface area is 127 Å². The first-order valence-corrected chi connectivity index (χ1v) is 8.35. The number of likely N-dealkylation sites (tertiary alicyclic amines) is 1. The van der Waals surface area contributed by atoms with Crippen LogP contribution in [-0.2, 0) is 4.79 Å². The molecule has 1 aromatic carbocycles. The van der Waals surface area contributed by atoms with Crippen molar-refractivity contribution < 1.29 is 4.79 Å². The highest BCUT2D eigenvalue weighted by atomic mass is 16.2. The molecule has 0 spiro atoms. The van der Waals surface area contributed by atoms with Gasteiger partial charge < -0.3 is 10.6 Å². The minimum absolute atomic E-state index is 0.173. The van der Waals surface area contributed by atoms with Gasteiger partial charge in [0.2, 0.25) is 5.91 Å². The van der Waals surface area contributed by atoms with Gasteiger partial charge in [-0.2, -0.15) is 0 Å². The first kappa shape index (κ1) is 14.6. The molecule has 2 N–H and O–H groups in total. The molecule has 0 bridgehead atoms. The van der Waals surface area contributed by atoms with E-state index in [0.29, 0.717) is 5.92 Å². The summed E-state index contributed by atoms with van der Waals surface area (Å²) < 4.78 is 0. The normalized spacial score (nSPS) is 26.4. The minimum atomic E-state index is -0.292. The van der Waals surface area contributed by atoms with Crippen LogP contribution < -0.4 is 5.73 Å². The number of nitrogens with zero attached hydrogens (tertiary/aromatic N) is 1. The molecule has 1 saturated carbocycles. The van der Waals surface area contributed by atoms with Crippen molar-refractivity contribution in [1.29, 1.82) is 0 Å². The summed E-state index contributed by atoms with van der Waals surface area (Å²) in [5, 5.41) is 0. The molecule has 3 heteroatoms. The average molecular weight is 286 g/mol. The highest BCUT2D eigenvalue weighted by Gasteiger charge is 2.38. The quantitative estimate of drug-likeness (QED) is 0.904. The Kier molecular flexibility index (Phi) is 4.59. The highest BCUT2D eigenvalue weighted by Crippen LogP contribution is 2.50. The molecule has 1 amide bonds. The lowest BCUT2D eigenvalue weighted by Crippen LogP contribution is -2.45. The molecule has 2 aliphatic rings. The number of hydrogen-bond acceptors (Lipinski definition) is 2. The van der Waals surface area contributed by atoms with Crippen LogP contribution >= 0.6 is 0 Å². The van der Waals surface area contributed by atoms with Gasteiger partial charge in [-0.05, 0) is 55.9 Å². The van der Waals surface area contributed by atoms with Gasteiger partial charge in [0, 0.05) is 13.1 Å². The second-order valence-electron chi connectivity index (χ2n) is 6.58. The molecule has 1 heterocycles. The topological polar surface area (TPSA) is 46.3 Å². The lowest BCUT2D eigenvalue weighted by atomic mass is 10.0. The van der Waals surface area contributed by atoms with Crippen molar-refractivity contribution >= 4 is 5.91 Å². The molecule has 3 unspecified atom stereocenters. The number of piperidine rings is 1. The van der Waals surface area contributed by atoms with Gasteiger partial charge in [-0.25, -0.2) is 0 Å². The molecule has 1 saturated heterocycles. The Morgan fingerprint density at radius 3 is 2.62 bits per heavy atom. The molecule has 3 atom stereocenters. The summed E-state index contributed by atoms with van der Waals surface area (Å²) in [5.41, 5.74) is 7.56. The van der Waals surface area contributed by atoms with Crippen molar-refractivity contribution in [3.63, 3.8) is 0 Å². The van der Waals surface area contributed by atoms with Gasteiger partial charge in [0.05, 0.1) is 6.04 Å². The standard InChI is InChI=1S/C18H26N2O/c19-17(18(21)20-11-5-2-6-12-20)10-9-15-13-16(15)14-7-3-1-4-8-14/h1,3-4,7-8,15-17H,2,5-6,9-13,19H2. The van der Waals surface area contributed by atoms with Gasteiger partial charge in [-0.3, -0.25) is 4.79 Å². The van der Waals surface area contributed by atoms with E-state index in [-0.39, 0.29) is 11.9 Å². The SMILES string of the molecule is NC(CCC1CC1c1ccccc1)C(=O)N1CCCCC1. The van der Waals surface area contributed by atoms with Crippen LogP contribution in [0.25, 0.3) is 0 Å². The second-order valence-corrected chi connectivity index (χ2v) is 6.58. The Balaban J connectivity index is 1.42. The first-order chi connectivity index (χ1) is 10.3. The molecule has 3 nitrogen and oxygen atoms in total. The Bertz CT molecular complexity index is 467. The molecule has 21 heavy (non-hydrogen) atoms.